The van der Waals surface area contributed by atoms with E-state index in [9.17, 15) is 0 Å². The number of para-hydroxylation sites is 1. The molecule has 0 aliphatic rings. The maximum atomic E-state index is 6.18. The molecule has 0 bridgehead atoms. The second-order valence-electron chi connectivity index (χ2n) is 7.15. The van der Waals surface area contributed by atoms with Crippen LogP contribution < -0.4 is 14.6 Å². The normalized spacial score (nSPS) is 11.4. The van der Waals surface area contributed by atoms with E-state index in [1.54, 1.807) is 11.3 Å². The number of ether oxygens (including phenoxy) is 2. The summed E-state index contributed by atoms with van der Waals surface area (Å²) in [6.07, 6.45) is 2.50. The molecule has 0 saturated heterocycles. The van der Waals surface area contributed by atoms with E-state index in [4.69, 9.17) is 9.47 Å². The van der Waals surface area contributed by atoms with Gasteiger partial charge < -0.3 is 14.6 Å². The quantitative estimate of drug-likeness (QED) is 0.143. The van der Waals surface area contributed by atoms with Crippen molar-refractivity contribution in [3.05, 3.63) is 78.2 Å². The van der Waals surface area contributed by atoms with Crippen LogP contribution in [0.2, 0.25) is 0 Å². The lowest BCUT2D eigenvalue weighted by molar-refractivity contribution is 0.292. The van der Waals surface area contributed by atoms with Gasteiger partial charge in [-0.25, -0.2) is 4.68 Å². The second-order valence-corrected chi connectivity index (χ2v) is 10.1. The van der Waals surface area contributed by atoms with Crippen LogP contribution in [0, 0.1) is 0 Å². The topological polar surface area (TPSA) is 61.2 Å². The highest BCUT2D eigenvalue weighted by atomic mass is 127. The van der Waals surface area contributed by atoms with Gasteiger partial charge in [-0.3, -0.25) is 0 Å². The zero-order valence-electron chi connectivity index (χ0n) is 17.5. The molecule has 0 spiro atoms. The van der Waals surface area contributed by atoms with Crippen LogP contribution in [0.3, 0.4) is 0 Å². The van der Waals surface area contributed by atoms with Gasteiger partial charge in [0.2, 0.25) is 0 Å². The number of anilines is 1. The third-order valence-electron chi connectivity index (χ3n) is 5.17. The molecule has 1 N–H and O–H groups in total. The molecular weight excluding hydrogens is 566 g/mol. The van der Waals surface area contributed by atoms with Crippen molar-refractivity contribution in [2.24, 2.45) is 0 Å². The van der Waals surface area contributed by atoms with E-state index in [-0.39, 0.29) is 0 Å². The van der Waals surface area contributed by atoms with E-state index in [2.05, 4.69) is 56.2 Å². The van der Waals surface area contributed by atoms with Gasteiger partial charge in [0.1, 0.15) is 29.4 Å². The Bertz CT molecular complexity index is 1420. The summed E-state index contributed by atoms with van der Waals surface area (Å²) in [5.41, 5.74) is 4.10. The number of hydrogen-bond donors (Lipinski definition) is 1. The van der Waals surface area contributed by atoms with Gasteiger partial charge in [0.15, 0.2) is 0 Å². The van der Waals surface area contributed by atoms with Gasteiger partial charge in [0.05, 0.1) is 12.1 Å². The summed E-state index contributed by atoms with van der Waals surface area (Å²) < 4.78 is 15.1. The van der Waals surface area contributed by atoms with Crippen LogP contribution in [0.25, 0.3) is 27.2 Å². The minimum Gasteiger partial charge on any atom is -0.492 e. The summed E-state index contributed by atoms with van der Waals surface area (Å²) in [4.78, 5) is 0. The number of halogens is 1. The van der Waals surface area contributed by atoms with E-state index in [0.717, 1.165) is 44.9 Å². The molecule has 3 aromatic carbocycles. The van der Waals surface area contributed by atoms with Crippen LogP contribution in [0.4, 0.5) is 5.69 Å². The van der Waals surface area contributed by atoms with Crippen molar-refractivity contribution in [1.29, 1.82) is 0 Å². The first kappa shape index (κ1) is 22.1. The second kappa shape index (κ2) is 10.1. The van der Waals surface area contributed by atoms with Crippen molar-refractivity contribution >= 4 is 72.6 Å². The standard InChI is InChI=1S/C24H20IN4O2PS/c1-2-18-20(27-32-25)12-11-19-23(15-33-24(18)19)31-17-9-7-16(8-10-17)30-14-13-29-22-6-4-3-5-21(22)26-28-29/h2-12,15,27,32H,1,13-14H2. The first-order valence-electron chi connectivity index (χ1n) is 10.2. The number of fused-ring (bicyclic) bond motifs is 2. The van der Waals surface area contributed by atoms with Crippen LogP contribution in [-0.4, -0.2) is 21.6 Å². The Labute approximate surface area is 209 Å². The number of thiophene rings is 1. The third kappa shape index (κ3) is 4.69. The van der Waals surface area contributed by atoms with Crippen molar-refractivity contribution in [3.63, 3.8) is 0 Å². The summed E-state index contributed by atoms with van der Waals surface area (Å²) in [6, 6.07) is 19.8. The fourth-order valence-corrected chi connectivity index (χ4v) is 5.81. The number of rotatable bonds is 9. The van der Waals surface area contributed by atoms with Crippen LogP contribution in [0.1, 0.15) is 5.56 Å². The molecule has 0 fully saturated rings. The highest BCUT2D eigenvalue weighted by Crippen LogP contribution is 2.41. The predicted octanol–water partition coefficient (Wildman–Crippen LogP) is 7.52. The first-order valence-corrected chi connectivity index (χ1v) is 15.2. The van der Waals surface area contributed by atoms with Gasteiger partial charge in [-0.1, -0.05) is 30.0 Å². The average Bonchev–Trinajstić information content (AvgIpc) is 3.45. The number of nitrogens with zero attached hydrogens (tertiary/aromatic N) is 3. The largest absolute Gasteiger partial charge is 0.492 e. The minimum absolute atomic E-state index is 0.501. The number of benzene rings is 3. The fourth-order valence-electron chi connectivity index (χ4n) is 3.60. The zero-order chi connectivity index (χ0) is 22.6. The minimum atomic E-state index is 0.501. The molecule has 33 heavy (non-hydrogen) atoms. The summed E-state index contributed by atoms with van der Waals surface area (Å²) in [6.45, 7) is 5.11. The predicted molar refractivity (Wildman–Crippen MR) is 147 cm³/mol. The summed E-state index contributed by atoms with van der Waals surface area (Å²) in [7, 11) is 0. The molecule has 2 heterocycles. The van der Waals surface area contributed by atoms with Crippen molar-refractivity contribution in [2.75, 3.05) is 11.7 Å². The fraction of sp³-hybridized carbons (Fsp3) is 0.0833. The summed E-state index contributed by atoms with van der Waals surface area (Å²) >= 11 is 3.99. The van der Waals surface area contributed by atoms with Crippen LogP contribution in [0.5, 0.6) is 17.2 Å². The third-order valence-corrected chi connectivity index (χ3v) is 7.36. The Morgan fingerprint density at radius 3 is 2.73 bits per heavy atom. The monoisotopic (exact) mass is 586 g/mol. The van der Waals surface area contributed by atoms with Crippen LogP contribution in [0.15, 0.2) is 72.6 Å². The molecular formula is C24H20IN4O2PS. The Hall–Kier alpha value is -2.68. The highest BCUT2D eigenvalue weighted by molar-refractivity contribution is 14.2. The molecule has 0 aliphatic carbocycles. The molecule has 9 heteroatoms. The molecule has 6 nitrogen and oxygen atoms in total. The van der Waals surface area contributed by atoms with Crippen molar-refractivity contribution in [3.8, 4) is 17.2 Å². The lowest BCUT2D eigenvalue weighted by Crippen LogP contribution is -2.09. The van der Waals surface area contributed by atoms with Gasteiger partial charge in [0, 0.05) is 33.1 Å². The SMILES string of the molecule is C=Cc1c(NPI)ccc2c(Oc3ccc(OCCn4nnc5ccccc54)cc3)csc12. The van der Waals surface area contributed by atoms with E-state index in [0.29, 0.717) is 19.5 Å². The Kier molecular flexibility index (Phi) is 6.75. The Morgan fingerprint density at radius 1 is 1.09 bits per heavy atom. The van der Waals surface area contributed by atoms with E-state index in [1.807, 2.05) is 64.7 Å². The average molecular weight is 586 g/mol. The van der Waals surface area contributed by atoms with Crippen molar-refractivity contribution in [2.45, 2.75) is 6.54 Å². The van der Waals surface area contributed by atoms with Gasteiger partial charge in [-0.05, 0) is 70.6 Å². The number of hydrogen-bond acceptors (Lipinski definition) is 6. The molecule has 166 valence electrons. The molecule has 0 radical (unpaired) electrons. The molecule has 2 aromatic heterocycles. The van der Waals surface area contributed by atoms with Gasteiger partial charge in [-0.2, -0.15) is 0 Å². The van der Waals surface area contributed by atoms with E-state index >= 15 is 0 Å². The maximum Gasteiger partial charge on any atom is 0.145 e. The van der Waals surface area contributed by atoms with Crippen molar-refractivity contribution in [1.82, 2.24) is 15.0 Å². The molecule has 5 aromatic rings. The van der Waals surface area contributed by atoms with Crippen LogP contribution >= 0.6 is 39.8 Å². The van der Waals surface area contributed by atoms with Gasteiger partial charge in [-0.15, -0.1) is 16.4 Å². The molecule has 1 atom stereocenters. The summed E-state index contributed by atoms with van der Waals surface area (Å²) in [5.74, 6) is 2.39. The van der Waals surface area contributed by atoms with E-state index in [1.165, 1.54) is 4.70 Å². The van der Waals surface area contributed by atoms with Crippen LogP contribution in [-0.2, 0) is 6.54 Å². The highest BCUT2D eigenvalue weighted by Gasteiger charge is 2.12. The van der Waals surface area contributed by atoms with Gasteiger partial charge in [0.25, 0.3) is 0 Å². The maximum absolute atomic E-state index is 6.18. The van der Waals surface area contributed by atoms with Gasteiger partial charge >= 0.3 is 0 Å². The smallest absolute Gasteiger partial charge is 0.145 e. The molecule has 0 amide bonds. The first-order chi connectivity index (χ1) is 16.3. The van der Waals surface area contributed by atoms with Crippen molar-refractivity contribution < 1.29 is 9.47 Å². The lowest BCUT2D eigenvalue weighted by Gasteiger charge is -2.10. The number of nitrogens with one attached hydrogen (secondary N) is 1. The Morgan fingerprint density at radius 2 is 1.91 bits per heavy atom. The zero-order valence-corrected chi connectivity index (χ0v) is 21.5. The Balaban J connectivity index is 1.24. The molecule has 0 aliphatic heterocycles. The van der Waals surface area contributed by atoms with E-state index < -0.39 is 0 Å². The molecule has 1 unspecified atom stereocenters. The molecule has 0 saturated carbocycles. The number of aromatic nitrogens is 3. The molecule has 5 rings (SSSR count). The lowest BCUT2D eigenvalue weighted by atomic mass is 10.1. The summed E-state index contributed by atoms with van der Waals surface area (Å²) in [5, 5.41) is 14.9.